The predicted octanol–water partition coefficient (Wildman–Crippen LogP) is 14.0. The highest BCUT2D eigenvalue weighted by molar-refractivity contribution is 6.32. The third-order valence-corrected chi connectivity index (χ3v) is 10.8. The van der Waals surface area contributed by atoms with Gasteiger partial charge in [0.05, 0.1) is 28.3 Å². The summed E-state index contributed by atoms with van der Waals surface area (Å²) in [4.78, 5) is 21.9. The summed E-state index contributed by atoms with van der Waals surface area (Å²) >= 11 is 25.7. The molecule has 0 radical (unpaired) electrons. The Balaban J connectivity index is 1.44. The molecule has 4 aromatic carbocycles. The van der Waals surface area contributed by atoms with E-state index in [1.807, 2.05) is 91.0 Å². The first-order chi connectivity index (χ1) is 25.9. The van der Waals surface area contributed by atoms with E-state index >= 15 is 0 Å². The van der Waals surface area contributed by atoms with Crippen LogP contribution in [0.15, 0.2) is 121 Å². The average Bonchev–Trinajstić information content (AvgIpc) is 3.99. The van der Waals surface area contributed by atoms with E-state index in [1.54, 1.807) is 0 Å². The molecule has 0 atom stereocenters. The average molecular weight is 766 g/mol. The number of halogens is 4. The van der Waals surface area contributed by atoms with Crippen LogP contribution >= 0.6 is 46.4 Å². The van der Waals surface area contributed by atoms with Crippen molar-refractivity contribution in [3.8, 4) is 44.8 Å². The quantitative estimate of drug-likeness (QED) is 0.168. The van der Waals surface area contributed by atoms with Crippen LogP contribution in [0.5, 0.6) is 0 Å². The molecule has 0 unspecified atom stereocenters. The van der Waals surface area contributed by atoms with Gasteiger partial charge in [0.15, 0.2) is 0 Å². The van der Waals surface area contributed by atoms with Crippen LogP contribution in [0.2, 0.25) is 20.1 Å². The predicted molar refractivity (Wildman–Crippen MR) is 223 cm³/mol. The van der Waals surface area contributed by atoms with Gasteiger partial charge < -0.3 is 15.0 Å². The molecule has 0 saturated heterocycles. The Hall–Kier alpha value is -5.56. The second kappa shape index (κ2) is 12.5. The van der Waals surface area contributed by atoms with Crippen molar-refractivity contribution in [1.82, 2.24) is 24.9 Å². The van der Waals surface area contributed by atoms with Gasteiger partial charge in [0.25, 0.3) is 0 Å². The molecule has 0 spiro atoms. The van der Waals surface area contributed by atoms with Crippen LogP contribution in [0.3, 0.4) is 0 Å². The molecule has 3 N–H and O–H groups in total. The number of aromatic nitrogens is 5. The Morgan fingerprint density at radius 3 is 1.43 bits per heavy atom. The van der Waals surface area contributed by atoms with Crippen LogP contribution < -0.4 is 0 Å². The van der Waals surface area contributed by atoms with Gasteiger partial charge in [0.2, 0.25) is 0 Å². The summed E-state index contributed by atoms with van der Waals surface area (Å²) in [5, 5.41) is 4.56. The van der Waals surface area contributed by atoms with E-state index in [0.29, 0.717) is 20.1 Å². The van der Waals surface area contributed by atoms with Crippen LogP contribution in [-0.2, 0) is 0 Å². The summed E-state index contributed by atoms with van der Waals surface area (Å²) in [6.45, 7) is 0. The number of hydrogen-bond donors (Lipinski definition) is 3. The summed E-state index contributed by atoms with van der Waals surface area (Å²) in [5.74, 6) is 0. The Labute approximate surface area is 323 Å². The maximum Gasteiger partial charge on any atom is 0.0972 e. The molecule has 3 aromatic heterocycles. The largest absolute Gasteiger partial charge is 0.354 e. The molecule has 10 rings (SSSR count). The molecule has 8 bridgehead atoms. The number of aromatic amines is 3. The molecule has 7 aromatic rings. The second-order valence-electron chi connectivity index (χ2n) is 13.0. The second-order valence-corrected chi connectivity index (χ2v) is 14.8. The summed E-state index contributed by atoms with van der Waals surface area (Å²) in [7, 11) is 0. The van der Waals surface area contributed by atoms with Crippen molar-refractivity contribution in [2.45, 2.75) is 0 Å². The molecule has 0 amide bonds. The van der Waals surface area contributed by atoms with E-state index in [0.717, 1.165) is 100 Å². The van der Waals surface area contributed by atoms with E-state index < -0.39 is 0 Å². The van der Waals surface area contributed by atoms with Crippen molar-refractivity contribution in [2.24, 2.45) is 0 Å². The zero-order valence-corrected chi connectivity index (χ0v) is 30.6. The van der Waals surface area contributed by atoms with Gasteiger partial charge in [-0.25, -0.2) is 9.97 Å². The molecule has 6 heterocycles. The zero-order chi connectivity index (χ0) is 35.8. The Kier molecular flexibility index (Phi) is 7.60. The monoisotopic (exact) mass is 763 g/mol. The fraction of sp³-hybridized carbons (Fsp3) is 0. The third-order valence-electron chi connectivity index (χ3n) is 9.78. The molecule has 53 heavy (non-hydrogen) atoms. The van der Waals surface area contributed by atoms with Gasteiger partial charge in [-0.1, -0.05) is 88.9 Å². The topological polar surface area (TPSA) is 73.2 Å². The molecule has 3 aliphatic rings. The highest BCUT2D eigenvalue weighted by Crippen LogP contribution is 2.41. The molecule has 0 saturated carbocycles. The number of pyridine rings is 1. The SMILES string of the molecule is Clc1ccc(-c2c3nc(c(-c4ccc(Cl)cc4)c4ccc([nH]4)c4c5nc(cc-5[nH]c5cc(Cl)ccc54)c(-c4ccc(Cl)cc4)c4ccc2[nH]4)C=C3)cc1. The lowest BCUT2D eigenvalue weighted by Gasteiger charge is -2.08. The van der Waals surface area contributed by atoms with Crippen molar-refractivity contribution >= 4 is 102 Å². The van der Waals surface area contributed by atoms with Crippen LogP contribution in [0, 0.1) is 0 Å². The van der Waals surface area contributed by atoms with Gasteiger partial charge in [-0.3, -0.25) is 0 Å². The molecular weight excluding hydrogens is 740 g/mol. The van der Waals surface area contributed by atoms with Gasteiger partial charge >= 0.3 is 0 Å². The van der Waals surface area contributed by atoms with Gasteiger partial charge in [-0.2, -0.15) is 0 Å². The lowest BCUT2D eigenvalue weighted by atomic mass is 10.0. The van der Waals surface area contributed by atoms with E-state index in [1.165, 1.54) is 0 Å². The first-order valence-corrected chi connectivity index (χ1v) is 18.4. The number of hydrogen-bond acceptors (Lipinski definition) is 2. The number of H-pyrrole nitrogens is 3. The van der Waals surface area contributed by atoms with Crippen LogP contribution in [0.1, 0.15) is 11.4 Å². The number of benzene rings is 4. The van der Waals surface area contributed by atoms with E-state index in [2.05, 4.69) is 57.4 Å². The highest BCUT2D eigenvalue weighted by Gasteiger charge is 2.20. The molecule has 0 fully saturated rings. The standard InChI is InChI=1S/C44H25Cl4N5/c45-26-7-1-23(2-8-26)40-31-15-16-32(49-31)41(24-3-9-27(46)10-4-24)34-19-20-36(51-34)43-30-14-13-29(48)21-37(30)52-39-22-38(53-44(39)43)42(35-18-17-33(40)50-35)25-5-11-28(47)12-6-25/h1-22,50-52H. The van der Waals surface area contributed by atoms with E-state index in [9.17, 15) is 0 Å². The number of rotatable bonds is 3. The first kappa shape index (κ1) is 32.1. The smallest absolute Gasteiger partial charge is 0.0972 e. The minimum absolute atomic E-state index is 0.640. The van der Waals surface area contributed by atoms with Gasteiger partial charge in [-0.05, 0) is 108 Å². The first-order valence-electron chi connectivity index (χ1n) is 16.9. The minimum atomic E-state index is 0.640. The lowest BCUT2D eigenvalue weighted by Crippen LogP contribution is -1.89. The number of nitrogens with one attached hydrogen (secondary N) is 3. The van der Waals surface area contributed by atoms with E-state index in [4.69, 9.17) is 56.4 Å². The fourth-order valence-electron chi connectivity index (χ4n) is 7.40. The van der Waals surface area contributed by atoms with Crippen LogP contribution in [0.25, 0.3) is 101 Å². The van der Waals surface area contributed by atoms with Gasteiger partial charge in [-0.15, -0.1) is 0 Å². The van der Waals surface area contributed by atoms with Crippen molar-refractivity contribution in [3.63, 3.8) is 0 Å². The van der Waals surface area contributed by atoms with Crippen molar-refractivity contribution < 1.29 is 0 Å². The summed E-state index contributed by atoms with van der Waals surface area (Å²) in [5.41, 5.74) is 14.3. The number of fused-ring (bicyclic) bond motifs is 10. The lowest BCUT2D eigenvalue weighted by molar-refractivity contribution is 1.32. The molecule has 5 nitrogen and oxygen atoms in total. The highest BCUT2D eigenvalue weighted by atomic mass is 35.5. The molecule has 0 aliphatic carbocycles. The fourth-order valence-corrected chi connectivity index (χ4v) is 7.95. The summed E-state index contributed by atoms with van der Waals surface area (Å²) < 4.78 is 0. The van der Waals surface area contributed by atoms with Crippen molar-refractivity contribution in [3.05, 3.63) is 153 Å². The molecule has 9 heteroatoms. The van der Waals surface area contributed by atoms with Gasteiger partial charge in [0.1, 0.15) is 0 Å². The van der Waals surface area contributed by atoms with Crippen LogP contribution in [0.4, 0.5) is 0 Å². The van der Waals surface area contributed by atoms with Crippen LogP contribution in [-0.4, -0.2) is 24.9 Å². The minimum Gasteiger partial charge on any atom is -0.354 e. The Morgan fingerprint density at radius 1 is 0.396 bits per heavy atom. The van der Waals surface area contributed by atoms with Gasteiger partial charge in [0, 0.05) is 75.1 Å². The Bertz CT molecular complexity index is 3030. The maximum atomic E-state index is 6.56. The van der Waals surface area contributed by atoms with Crippen molar-refractivity contribution in [2.75, 3.05) is 0 Å². The maximum absolute atomic E-state index is 6.56. The summed E-state index contributed by atoms with van der Waals surface area (Å²) in [6.07, 6.45) is 4.14. The number of nitrogens with zero attached hydrogens (tertiary/aromatic N) is 2. The zero-order valence-electron chi connectivity index (χ0n) is 27.6. The normalized spacial score (nSPS) is 12.1. The molecule has 3 aliphatic heterocycles. The molecule has 254 valence electrons. The third kappa shape index (κ3) is 5.56. The molecular formula is C44H25Cl4N5. The Morgan fingerprint density at radius 2 is 0.868 bits per heavy atom. The van der Waals surface area contributed by atoms with Crippen molar-refractivity contribution in [1.29, 1.82) is 0 Å². The van der Waals surface area contributed by atoms with E-state index in [-0.39, 0.29) is 0 Å². The summed E-state index contributed by atoms with van der Waals surface area (Å²) in [6, 6.07) is 40.0.